The Bertz CT molecular complexity index is 1600. The average Bonchev–Trinajstić information content (AvgIpc) is 2.94. The molecule has 4 rings (SSSR count). The lowest BCUT2D eigenvalue weighted by Gasteiger charge is -2.27. The molecular weight excluding hydrogens is 498 g/mol. The molecule has 9 heteroatoms. The minimum atomic E-state index is -0.585. The Balaban J connectivity index is 1.64. The molecule has 0 radical (unpaired) electrons. The molecule has 0 bridgehead atoms. The number of benzene rings is 3. The Morgan fingerprint density at radius 3 is 2.49 bits per heavy atom. The quantitative estimate of drug-likeness (QED) is 0.166. The largest absolute Gasteiger partial charge is 0.464 e. The number of carbonyl (C=O) groups excluding carboxylic acids is 2. The van der Waals surface area contributed by atoms with E-state index in [4.69, 9.17) is 4.42 Å². The van der Waals surface area contributed by atoms with Crippen LogP contribution in [0, 0.1) is 17.0 Å². The van der Waals surface area contributed by atoms with Gasteiger partial charge in [0.05, 0.1) is 28.7 Å². The highest BCUT2D eigenvalue weighted by Crippen LogP contribution is 2.18. The maximum absolute atomic E-state index is 13.6. The monoisotopic (exact) mass is 525 g/mol. The molecule has 1 heterocycles. The summed E-state index contributed by atoms with van der Waals surface area (Å²) in [7, 11) is 0. The van der Waals surface area contributed by atoms with Crippen LogP contribution < -0.4 is 5.43 Å². The molecule has 0 aliphatic heterocycles. The van der Waals surface area contributed by atoms with Crippen molar-refractivity contribution >= 4 is 28.5 Å². The number of aryl methyl sites for hydroxylation is 1. The number of nitro benzene ring substituents is 1. The lowest BCUT2D eigenvalue weighted by Crippen LogP contribution is -2.43. The Morgan fingerprint density at radius 2 is 1.77 bits per heavy atom. The van der Waals surface area contributed by atoms with Gasteiger partial charge in [0, 0.05) is 30.8 Å². The van der Waals surface area contributed by atoms with E-state index >= 15 is 0 Å². The van der Waals surface area contributed by atoms with Gasteiger partial charge in [-0.05, 0) is 30.7 Å². The van der Waals surface area contributed by atoms with Crippen molar-refractivity contribution in [2.24, 2.45) is 0 Å². The normalized spacial score (nSPS) is 10.7. The van der Waals surface area contributed by atoms with Gasteiger partial charge in [0.2, 0.25) is 5.91 Å². The number of nitrogens with zero attached hydrogens (tertiary/aromatic N) is 3. The van der Waals surface area contributed by atoms with E-state index < -0.39 is 16.7 Å². The molecule has 0 saturated heterocycles. The minimum absolute atomic E-state index is 0.0348. The van der Waals surface area contributed by atoms with Crippen LogP contribution in [0.15, 0.2) is 101 Å². The zero-order valence-corrected chi connectivity index (χ0v) is 21.4. The Labute approximate surface area is 224 Å². The van der Waals surface area contributed by atoms with Crippen LogP contribution in [0.1, 0.15) is 27.0 Å². The molecule has 198 valence electrons. The van der Waals surface area contributed by atoms with Crippen molar-refractivity contribution in [3.8, 4) is 0 Å². The Morgan fingerprint density at radius 1 is 1.00 bits per heavy atom. The van der Waals surface area contributed by atoms with Gasteiger partial charge in [-0.2, -0.15) is 0 Å². The van der Waals surface area contributed by atoms with Gasteiger partial charge in [0.15, 0.2) is 5.43 Å². The third kappa shape index (κ3) is 6.45. The SMILES string of the molecule is C=CCN(CC(=O)N(Cc1ccccc1)Cc1coc2ccc(C)cc2c1=O)C(=O)c1cccc([N+](=O)[O-])c1. The number of rotatable bonds is 10. The zero-order chi connectivity index (χ0) is 27.9. The van der Waals surface area contributed by atoms with Crippen molar-refractivity contribution in [3.05, 3.63) is 134 Å². The summed E-state index contributed by atoms with van der Waals surface area (Å²) >= 11 is 0. The molecular formula is C30H27N3O6. The standard InChI is InChI=1S/C30H27N3O6/c1-3-14-31(30(36)23-10-7-11-25(16-23)33(37)38)19-28(34)32(17-22-8-5-4-6-9-22)18-24-20-39-27-13-12-21(2)15-26(27)29(24)35/h3-13,15-16,20H,1,14,17-19H2,2H3. The number of fused-ring (bicyclic) bond motifs is 1. The lowest BCUT2D eigenvalue weighted by molar-refractivity contribution is -0.384. The molecule has 0 unspecified atom stereocenters. The third-order valence-electron chi connectivity index (χ3n) is 6.20. The molecule has 2 amide bonds. The van der Waals surface area contributed by atoms with Crippen LogP contribution in [0.4, 0.5) is 5.69 Å². The molecule has 0 spiro atoms. The average molecular weight is 526 g/mol. The molecule has 39 heavy (non-hydrogen) atoms. The number of carbonyl (C=O) groups is 2. The van der Waals surface area contributed by atoms with E-state index in [0.29, 0.717) is 16.5 Å². The summed E-state index contributed by atoms with van der Waals surface area (Å²) in [6.07, 6.45) is 2.84. The van der Waals surface area contributed by atoms with Crippen molar-refractivity contribution in [1.29, 1.82) is 0 Å². The lowest BCUT2D eigenvalue weighted by atomic mass is 10.1. The fraction of sp³-hybridized carbons (Fsp3) is 0.167. The maximum atomic E-state index is 13.6. The van der Waals surface area contributed by atoms with E-state index in [1.54, 1.807) is 12.1 Å². The number of nitro groups is 1. The van der Waals surface area contributed by atoms with Gasteiger partial charge in [0.1, 0.15) is 12.1 Å². The molecule has 0 fully saturated rings. The summed E-state index contributed by atoms with van der Waals surface area (Å²) in [5.74, 6) is -0.962. The fourth-order valence-electron chi connectivity index (χ4n) is 4.21. The van der Waals surface area contributed by atoms with E-state index in [1.165, 1.54) is 46.4 Å². The molecule has 4 aromatic rings. The van der Waals surface area contributed by atoms with Gasteiger partial charge in [-0.3, -0.25) is 24.5 Å². The van der Waals surface area contributed by atoms with E-state index in [2.05, 4.69) is 6.58 Å². The van der Waals surface area contributed by atoms with Crippen LogP contribution in [0.25, 0.3) is 11.0 Å². The van der Waals surface area contributed by atoms with Gasteiger partial charge in [-0.1, -0.05) is 54.1 Å². The van der Waals surface area contributed by atoms with Gasteiger partial charge in [0.25, 0.3) is 11.6 Å². The first kappa shape index (κ1) is 27.0. The molecule has 9 nitrogen and oxygen atoms in total. The van der Waals surface area contributed by atoms with E-state index in [0.717, 1.165) is 11.1 Å². The van der Waals surface area contributed by atoms with Crippen molar-refractivity contribution < 1.29 is 18.9 Å². The van der Waals surface area contributed by atoms with Gasteiger partial charge >= 0.3 is 0 Å². The molecule has 0 atom stereocenters. The summed E-state index contributed by atoms with van der Waals surface area (Å²) < 4.78 is 5.68. The number of hydrogen-bond acceptors (Lipinski definition) is 6. The predicted octanol–water partition coefficient (Wildman–Crippen LogP) is 4.87. The fourth-order valence-corrected chi connectivity index (χ4v) is 4.21. The smallest absolute Gasteiger partial charge is 0.270 e. The second-order valence-electron chi connectivity index (χ2n) is 9.11. The molecule has 0 N–H and O–H groups in total. The summed E-state index contributed by atoms with van der Waals surface area (Å²) in [4.78, 5) is 53.5. The molecule has 0 aliphatic carbocycles. The summed E-state index contributed by atoms with van der Waals surface area (Å²) in [5, 5.41) is 11.6. The molecule has 0 aliphatic rings. The van der Waals surface area contributed by atoms with Crippen LogP contribution in [-0.4, -0.2) is 39.6 Å². The van der Waals surface area contributed by atoms with Crippen molar-refractivity contribution in [3.63, 3.8) is 0 Å². The first-order valence-electron chi connectivity index (χ1n) is 12.2. The number of amides is 2. The van der Waals surface area contributed by atoms with Crippen molar-refractivity contribution in [1.82, 2.24) is 9.80 Å². The predicted molar refractivity (Wildman–Crippen MR) is 147 cm³/mol. The second kappa shape index (κ2) is 12.0. The molecule has 0 saturated carbocycles. The third-order valence-corrected chi connectivity index (χ3v) is 6.20. The van der Waals surface area contributed by atoms with Crippen LogP contribution in [0.5, 0.6) is 0 Å². The minimum Gasteiger partial charge on any atom is -0.464 e. The highest BCUT2D eigenvalue weighted by molar-refractivity contribution is 5.97. The van der Waals surface area contributed by atoms with Crippen molar-refractivity contribution in [2.75, 3.05) is 13.1 Å². The summed E-state index contributed by atoms with van der Waals surface area (Å²) in [6, 6.07) is 20.0. The maximum Gasteiger partial charge on any atom is 0.270 e. The van der Waals surface area contributed by atoms with Crippen LogP contribution >= 0.6 is 0 Å². The highest BCUT2D eigenvalue weighted by atomic mass is 16.6. The van der Waals surface area contributed by atoms with Gasteiger partial charge in [-0.15, -0.1) is 6.58 Å². The zero-order valence-electron chi connectivity index (χ0n) is 21.4. The van der Waals surface area contributed by atoms with E-state index in [9.17, 15) is 24.5 Å². The summed E-state index contributed by atoms with van der Waals surface area (Å²) in [5.41, 5.74) is 2.12. The number of hydrogen-bond donors (Lipinski definition) is 0. The first-order chi connectivity index (χ1) is 18.8. The van der Waals surface area contributed by atoms with Gasteiger partial charge < -0.3 is 14.2 Å². The molecule has 1 aromatic heterocycles. The van der Waals surface area contributed by atoms with Crippen LogP contribution in [0.3, 0.4) is 0 Å². The Kier molecular flexibility index (Phi) is 8.30. The topological polar surface area (TPSA) is 114 Å². The van der Waals surface area contributed by atoms with E-state index in [1.807, 2.05) is 43.3 Å². The van der Waals surface area contributed by atoms with Crippen LogP contribution in [-0.2, 0) is 17.9 Å². The second-order valence-corrected chi connectivity index (χ2v) is 9.11. The number of non-ortho nitro benzene ring substituents is 1. The summed E-state index contributed by atoms with van der Waals surface area (Å²) in [6.45, 7) is 5.44. The van der Waals surface area contributed by atoms with E-state index in [-0.39, 0.29) is 42.9 Å². The first-order valence-corrected chi connectivity index (χ1v) is 12.2. The molecule has 3 aromatic carbocycles. The highest BCUT2D eigenvalue weighted by Gasteiger charge is 2.24. The van der Waals surface area contributed by atoms with Crippen LogP contribution in [0.2, 0.25) is 0 Å². The van der Waals surface area contributed by atoms with Gasteiger partial charge in [-0.25, -0.2) is 0 Å². The van der Waals surface area contributed by atoms with Crippen molar-refractivity contribution in [2.45, 2.75) is 20.0 Å². The Hall–Kier alpha value is -5.05.